The van der Waals surface area contributed by atoms with Crippen LogP contribution in [0.3, 0.4) is 0 Å². The predicted molar refractivity (Wildman–Crippen MR) is 127 cm³/mol. The van der Waals surface area contributed by atoms with Crippen molar-refractivity contribution in [3.05, 3.63) is 94.1 Å². The van der Waals surface area contributed by atoms with Gasteiger partial charge in [-0.2, -0.15) is 0 Å². The Labute approximate surface area is 188 Å². The molecule has 31 heavy (non-hydrogen) atoms. The maximum absolute atomic E-state index is 13.0. The van der Waals surface area contributed by atoms with E-state index in [1.165, 1.54) is 5.56 Å². The van der Waals surface area contributed by atoms with Crippen LogP contribution in [0.1, 0.15) is 26.4 Å². The lowest BCUT2D eigenvalue weighted by Crippen LogP contribution is -2.28. The van der Waals surface area contributed by atoms with Gasteiger partial charge >= 0.3 is 0 Å². The van der Waals surface area contributed by atoms with Crippen molar-refractivity contribution in [2.24, 2.45) is 7.05 Å². The maximum atomic E-state index is 13.0. The van der Waals surface area contributed by atoms with Crippen molar-refractivity contribution < 1.29 is 9.59 Å². The normalized spacial score (nSPS) is 12.8. The van der Waals surface area contributed by atoms with E-state index in [2.05, 4.69) is 27.3 Å². The number of benzene rings is 3. The standard InChI is InChI=1S/C25H20BrN3O2/c1-28-21-9-5-3-7-19(21)22(26)23(28)24(30)27-18-12-10-17(11-13-18)25(31)29-15-14-16-6-2-4-8-20(16)29/h2-13H,14-15H2,1H3,(H,27,30). The van der Waals surface area contributed by atoms with Crippen molar-refractivity contribution in [1.29, 1.82) is 0 Å². The van der Waals surface area contributed by atoms with Crippen LogP contribution in [0.2, 0.25) is 0 Å². The summed E-state index contributed by atoms with van der Waals surface area (Å²) in [6, 6.07) is 22.9. The number of halogens is 1. The number of carbonyl (C=O) groups is 2. The highest BCUT2D eigenvalue weighted by atomic mass is 79.9. The quantitative estimate of drug-likeness (QED) is 0.433. The smallest absolute Gasteiger partial charge is 0.273 e. The lowest BCUT2D eigenvalue weighted by molar-refractivity contribution is 0.0987. The third kappa shape index (κ3) is 3.33. The number of hydrogen-bond acceptors (Lipinski definition) is 2. The van der Waals surface area contributed by atoms with E-state index in [4.69, 9.17) is 0 Å². The largest absolute Gasteiger partial charge is 0.339 e. The third-order valence-corrected chi connectivity index (χ3v) is 6.59. The average molecular weight is 474 g/mol. The van der Waals surface area contributed by atoms with Crippen molar-refractivity contribution in [2.75, 3.05) is 16.8 Å². The van der Waals surface area contributed by atoms with Crippen LogP contribution in [-0.2, 0) is 13.5 Å². The van der Waals surface area contributed by atoms with E-state index in [0.29, 0.717) is 23.5 Å². The number of anilines is 2. The molecule has 2 heterocycles. The van der Waals surface area contributed by atoms with Crippen LogP contribution in [0.4, 0.5) is 11.4 Å². The van der Waals surface area contributed by atoms with Gasteiger partial charge in [-0.05, 0) is 64.3 Å². The molecular weight excluding hydrogens is 454 g/mol. The van der Waals surface area contributed by atoms with Crippen LogP contribution in [0, 0.1) is 0 Å². The summed E-state index contributed by atoms with van der Waals surface area (Å²) in [5.41, 5.74) is 4.94. The summed E-state index contributed by atoms with van der Waals surface area (Å²) in [6.45, 7) is 0.686. The number of nitrogens with zero attached hydrogens (tertiary/aromatic N) is 2. The molecule has 6 heteroatoms. The number of nitrogens with one attached hydrogen (secondary N) is 1. The minimum Gasteiger partial charge on any atom is -0.339 e. The second kappa shape index (κ2) is 7.71. The number of fused-ring (bicyclic) bond motifs is 2. The van der Waals surface area contributed by atoms with Gasteiger partial charge < -0.3 is 14.8 Å². The summed E-state index contributed by atoms with van der Waals surface area (Å²) in [5.74, 6) is -0.239. The Hall–Kier alpha value is -3.38. The second-order valence-corrected chi connectivity index (χ2v) is 8.40. The summed E-state index contributed by atoms with van der Waals surface area (Å²) in [7, 11) is 1.87. The Balaban J connectivity index is 1.36. The van der Waals surface area contributed by atoms with Crippen molar-refractivity contribution in [3.63, 3.8) is 0 Å². The van der Waals surface area contributed by atoms with Crippen molar-refractivity contribution in [1.82, 2.24) is 4.57 Å². The topological polar surface area (TPSA) is 54.3 Å². The number of para-hydroxylation sites is 2. The first kappa shape index (κ1) is 19.6. The molecule has 154 valence electrons. The summed E-state index contributed by atoms with van der Waals surface area (Å²) in [6.07, 6.45) is 0.871. The zero-order valence-electron chi connectivity index (χ0n) is 16.9. The minimum atomic E-state index is -0.210. The molecule has 1 aromatic heterocycles. The van der Waals surface area contributed by atoms with E-state index in [1.807, 2.05) is 59.0 Å². The minimum absolute atomic E-state index is 0.0285. The van der Waals surface area contributed by atoms with Crippen LogP contribution in [-0.4, -0.2) is 22.9 Å². The van der Waals surface area contributed by atoms with E-state index >= 15 is 0 Å². The fraction of sp³-hybridized carbons (Fsp3) is 0.120. The van der Waals surface area contributed by atoms with Crippen molar-refractivity contribution >= 4 is 50.0 Å². The average Bonchev–Trinajstić information content (AvgIpc) is 3.33. The van der Waals surface area contributed by atoms with Crippen LogP contribution in [0.25, 0.3) is 10.9 Å². The third-order valence-electron chi connectivity index (χ3n) is 5.78. The van der Waals surface area contributed by atoms with Gasteiger partial charge in [0.05, 0.1) is 4.47 Å². The van der Waals surface area contributed by atoms with Gasteiger partial charge in [0.25, 0.3) is 11.8 Å². The number of hydrogen-bond donors (Lipinski definition) is 1. The van der Waals surface area contributed by atoms with Gasteiger partial charge in [0.1, 0.15) is 5.69 Å². The van der Waals surface area contributed by atoms with Gasteiger partial charge in [-0.3, -0.25) is 9.59 Å². The Kier molecular flexibility index (Phi) is 4.87. The monoisotopic (exact) mass is 473 g/mol. The Morgan fingerprint density at radius 2 is 1.65 bits per heavy atom. The van der Waals surface area contributed by atoms with Crippen LogP contribution in [0.5, 0.6) is 0 Å². The van der Waals surface area contributed by atoms with Crippen molar-refractivity contribution in [2.45, 2.75) is 6.42 Å². The molecule has 0 spiro atoms. The zero-order valence-corrected chi connectivity index (χ0v) is 18.5. The summed E-state index contributed by atoms with van der Waals surface area (Å²) in [4.78, 5) is 27.8. The van der Waals surface area contributed by atoms with Gasteiger partial charge in [0, 0.05) is 41.4 Å². The number of amides is 2. The van der Waals surface area contributed by atoms with E-state index in [1.54, 1.807) is 24.3 Å². The molecule has 0 radical (unpaired) electrons. The number of aromatic nitrogens is 1. The molecule has 0 unspecified atom stereocenters. The first-order chi connectivity index (χ1) is 15.0. The first-order valence-electron chi connectivity index (χ1n) is 10.1. The molecule has 0 atom stereocenters. The molecular formula is C25H20BrN3O2. The fourth-order valence-corrected chi connectivity index (χ4v) is 4.97. The highest BCUT2D eigenvalue weighted by molar-refractivity contribution is 9.10. The Morgan fingerprint density at radius 3 is 2.42 bits per heavy atom. The van der Waals surface area contributed by atoms with E-state index in [9.17, 15) is 9.59 Å². The van der Waals surface area contributed by atoms with E-state index < -0.39 is 0 Å². The molecule has 0 saturated carbocycles. The van der Waals surface area contributed by atoms with E-state index in [-0.39, 0.29) is 11.8 Å². The molecule has 2 amide bonds. The highest BCUT2D eigenvalue weighted by Gasteiger charge is 2.25. The van der Waals surface area contributed by atoms with E-state index in [0.717, 1.165) is 27.5 Å². The van der Waals surface area contributed by atoms with Gasteiger partial charge in [-0.1, -0.05) is 36.4 Å². The number of rotatable bonds is 3. The van der Waals surface area contributed by atoms with Gasteiger partial charge in [-0.25, -0.2) is 0 Å². The van der Waals surface area contributed by atoms with Crippen LogP contribution >= 0.6 is 15.9 Å². The fourth-order valence-electron chi connectivity index (χ4n) is 4.19. The van der Waals surface area contributed by atoms with Crippen LogP contribution in [0.15, 0.2) is 77.3 Å². The zero-order chi connectivity index (χ0) is 21.5. The Bertz CT molecular complexity index is 1290. The maximum Gasteiger partial charge on any atom is 0.273 e. The highest BCUT2D eigenvalue weighted by Crippen LogP contribution is 2.31. The lowest BCUT2D eigenvalue weighted by atomic mass is 10.1. The van der Waals surface area contributed by atoms with Crippen LogP contribution < -0.4 is 10.2 Å². The molecule has 1 aliphatic heterocycles. The molecule has 1 N–H and O–H groups in total. The SMILES string of the molecule is Cn1c(C(=O)Nc2ccc(C(=O)N3CCc4ccccc43)cc2)c(Br)c2ccccc21. The molecule has 5 nitrogen and oxygen atoms in total. The molecule has 5 rings (SSSR count). The molecule has 3 aromatic carbocycles. The molecule has 0 saturated heterocycles. The molecule has 0 aliphatic carbocycles. The number of aryl methyl sites for hydroxylation is 1. The first-order valence-corrected chi connectivity index (χ1v) is 10.9. The predicted octanol–water partition coefficient (Wildman–Crippen LogP) is 5.40. The number of carbonyl (C=O) groups excluding carboxylic acids is 2. The molecule has 0 fully saturated rings. The molecule has 1 aliphatic rings. The van der Waals surface area contributed by atoms with Gasteiger partial charge in [0.2, 0.25) is 0 Å². The second-order valence-electron chi connectivity index (χ2n) is 7.61. The molecule has 0 bridgehead atoms. The van der Waals surface area contributed by atoms with Gasteiger partial charge in [-0.15, -0.1) is 0 Å². The summed E-state index contributed by atoms with van der Waals surface area (Å²) in [5, 5.41) is 3.93. The Morgan fingerprint density at radius 1 is 0.935 bits per heavy atom. The van der Waals surface area contributed by atoms with Crippen molar-refractivity contribution in [3.8, 4) is 0 Å². The summed E-state index contributed by atoms with van der Waals surface area (Å²) >= 11 is 3.57. The summed E-state index contributed by atoms with van der Waals surface area (Å²) < 4.78 is 2.64. The molecule has 4 aromatic rings. The van der Waals surface area contributed by atoms with Gasteiger partial charge in [0.15, 0.2) is 0 Å². The lowest BCUT2D eigenvalue weighted by Gasteiger charge is -2.17.